The number of carbonyl (C=O) groups excluding carboxylic acids is 1. The number of nitrogens with zero attached hydrogens (tertiary/aromatic N) is 2. The van der Waals surface area contributed by atoms with Crippen molar-refractivity contribution in [2.75, 3.05) is 32.8 Å². The summed E-state index contributed by atoms with van der Waals surface area (Å²) in [6.45, 7) is 8.29. The van der Waals surface area contributed by atoms with Gasteiger partial charge in [0.25, 0.3) is 5.91 Å². The van der Waals surface area contributed by atoms with E-state index in [-0.39, 0.29) is 11.4 Å². The zero-order valence-electron chi connectivity index (χ0n) is 13.0. The van der Waals surface area contributed by atoms with Crippen LogP contribution in [0.4, 0.5) is 0 Å². The molecule has 1 N–H and O–H groups in total. The fourth-order valence-corrected chi connectivity index (χ4v) is 3.49. The summed E-state index contributed by atoms with van der Waals surface area (Å²) in [6, 6.07) is 3.87. The van der Waals surface area contributed by atoms with Crippen molar-refractivity contribution in [3.8, 4) is 0 Å². The van der Waals surface area contributed by atoms with Crippen LogP contribution in [0.25, 0.3) is 10.2 Å². The van der Waals surface area contributed by atoms with Crippen LogP contribution in [-0.2, 0) is 4.74 Å². The Labute approximate surface area is 134 Å². The second-order valence-corrected chi connectivity index (χ2v) is 7.20. The van der Waals surface area contributed by atoms with Crippen LogP contribution in [0.3, 0.4) is 0 Å². The van der Waals surface area contributed by atoms with Crippen molar-refractivity contribution in [1.82, 2.24) is 15.2 Å². The number of rotatable bonds is 4. The van der Waals surface area contributed by atoms with Gasteiger partial charge in [-0.3, -0.25) is 14.7 Å². The fraction of sp³-hybridized carbons (Fsp3) is 0.500. The second kappa shape index (κ2) is 6.32. The molecule has 5 nitrogen and oxygen atoms in total. The van der Waals surface area contributed by atoms with Gasteiger partial charge in [-0.2, -0.15) is 0 Å². The van der Waals surface area contributed by atoms with Gasteiger partial charge >= 0.3 is 0 Å². The lowest BCUT2D eigenvalue weighted by molar-refractivity contribution is 0.0269. The molecule has 0 aliphatic carbocycles. The minimum atomic E-state index is -0.293. The number of aromatic nitrogens is 1. The highest BCUT2D eigenvalue weighted by atomic mass is 32.1. The van der Waals surface area contributed by atoms with E-state index in [4.69, 9.17) is 4.74 Å². The molecule has 118 valence electrons. The summed E-state index contributed by atoms with van der Waals surface area (Å²) in [6.07, 6.45) is 1.65. The lowest BCUT2D eigenvalue weighted by atomic mass is 10.0. The molecule has 0 spiro atoms. The predicted octanol–water partition coefficient (Wildman–Crippen LogP) is 2.14. The minimum absolute atomic E-state index is 0.0685. The van der Waals surface area contributed by atoms with E-state index in [1.807, 2.05) is 17.5 Å². The van der Waals surface area contributed by atoms with Crippen LogP contribution in [0.1, 0.15) is 24.2 Å². The minimum Gasteiger partial charge on any atom is -0.379 e. The summed E-state index contributed by atoms with van der Waals surface area (Å²) in [4.78, 5) is 19.1. The molecule has 6 heteroatoms. The monoisotopic (exact) mass is 319 g/mol. The molecule has 3 heterocycles. The van der Waals surface area contributed by atoms with Crippen LogP contribution >= 0.6 is 11.3 Å². The van der Waals surface area contributed by atoms with E-state index in [0.29, 0.717) is 5.56 Å². The topological polar surface area (TPSA) is 54.5 Å². The first kappa shape index (κ1) is 15.4. The second-order valence-electron chi connectivity index (χ2n) is 6.25. The van der Waals surface area contributed by atoms with E-state index in [2.05, 4.69) is 29.0 Å². The maximum absolute atomic E-state index is 12.5. The number of fused-ring (bicyclic) bond motifs is 1. The Morgan fingerprint density at radius 2 is 2.23 bits per heavy atom. The molecule has 0 aromatic carbocycles. The Morgan fingerprint density at radius 1 is 1.45 bits per heavy atom. The Kier molecular flexibility index (Phi) is 4.42. The van der Waals surface area contributed by atoms with Crippen molar-refractivity contribution < 1.29 is 9.53 Å². The first-order valence-electron chi connectivity index (χ1n) is 7.49. The summed E-state index contributed by atoms with van der Waals surface area (Å²) in [5.74, 6) is -0.0685. The van der Waals surface area contributed by atoms with Crippen LogP contribution in [0, 0.1) is 0 Å². The molecule has 1 aliphatic rings. The molecule has 1 saturated heterocycles. The van der Waals surface area contributed by atoms with E-state index in [9.17, 15) is 4.79 Å². The average Bonchev–Trinajstić information content (AvgIpc) is 2.94. The third-order valence-corrected chi connectivity index (χ3v) is 4.59. The molecule has 0 saturated carbocycles. The summed E-state index contributed by atoms with van der Waals surface area (Å²) in [5, 5.41) is 5.11. The highest BCUT2D eigenvalue weighted by Crippen LogP contribution is 2.20. The molecule has 2 aromatic heterocycles. The third kappa shape index (κ3) is 3.63. The zero-order valence-corrected chi connectivity index (χ0v) is 13.8. The SMILES string of the molecule is CC(C)(CN1CCOCC1)NC(=O)c1cnc2ccsc2c1. The Bertz CT molecular complexity index is 662. The van der Waals surface area contributed by atoms with Crippen molar-refractivity contribution >= 4 is 27.5 Å². The molecular formula is C16H21N3O2S. The number of carbonyl (C=O) groups is 1. The van der Waals surface area contributed by atoms with Crippen molar-refractivity contribution in [2.24, 2.45) is 0 Å². The number of nitrogens with one attached hydrogen (secondary N) is 1. The Morgan fingerprint density at radius 3 is 3.00 bits per heavy atom. The number of hydrogen-bond acceptors (Lipinski definition) is 5. The predicted molar refractivity (Wildman–Crippen MR) is 88.4 cm³/mol. The molecule has 1 aliphatic heterocycles. The first-order chi connectivity index (χ1) is 10.5. The summed E-state index contributed by atoms with van der Waals surface area (Å²) in [7, 11) is 0. The molecule has 0 bridgehead atoms. The van der Waals surface area contributed by atoms with Gasteiger partial charge in [0.05, 0.1) is 29.0 Å². The van der Waals surface area contributed by atoms with Gasteiger partial charge in [-0.05, 0) is 31.4 Å². The van der Waals surface area contributed by atoms with Crippen LogP contribution in [0.15, 0.2) is 23.7 Å². The fourth-order valence-electron chi connectivity index (χ4n) is 2.71. The van der Waals surface area contributed by atoms with E-state index >= 15 is 0 Å². The molecule has 1 amide bonds. The van der Waals surface area contributed by atoms with Crippen LogP contribution in [-0.4, -0.2) is 54.2 Å². The summed E-state index contributed by atoms with van der Waals surface area (Å²) in [5.41, 5.74) is 1.26. The van der Waals surface area contributed by atoms with Crippen molar-refractivity contribution in [3.63, 3.8) is 0 Å². The van der Waals surface area contributed by atoms with Crippen molar-refractivity contribution in [1.29, 1.82) is 0 Å². The normalized spacial score (nSPS) is 16.8. The number of amides is 1. The Hall–Kier alpha value is -1.50. The molecule has 22 heavy (non-hydrogen) atoms. The number of ether oxygens (including phenoxy) is 1. The number of thiophene rings is 1. The lowest BCUT2D eigenvalue weighted by Crippen LogP contribution is -2.53. The molecular weight excluding hydrogens is 298 g/mol. The maximum atomic E-state index is 12.5. The molecule has 3 rings (SSSR count). The van der Waals surface area contributed by atoms with Gasteiger partial charge in [0, 0.05) is 31.4 Å². The van der Waals surface area contributed by atoms with E-state index < -0.39 is 0 Å². The summed E-state index contributed by atoms with van der Waals surface area (Å²) >= 11 is 1.60. The first-order valence-corrected chi connectivity index (χ1v) is 8.37. The quantitative estimate of drug-likeness (QED) is 0.938. The maximum Gasteiger partial charge on any atom is 0.253 e. The molecule has 0 atom stereocenters. The van der Waals surface area contributed by atoms with Gasteiger partial charge in [-0.15, -0.1) is 11.3 Å². The van der Waals surface area contributed by atoms with Crippen LogP contribution in [0.5, 0.6) is 0 Å². The highest BCUT2D eigenvalue weighted by Gasteiger charge is 2.25. The van der Waals surface area contributed by atoms with Gasteiger partial charge in [-0.1, -0.05) is 0 Å². The smallest absolute Gasteiger partial charge is 0.253 e. The van der Waals surface area contributed by atoms with Gasteiger partial charge in [-0.25, -0.2) is 0 Å². The van der Waals surface area contributed by atoms with Crippen molar-refractivity contribution in [3.05, 3.63) is 29.3 Å². The average molecular weight is 319 g/mol. The molecule has 0 unspecified atom stereocenters. The lowest BCUT2D eigenvalue weighted by Gasteiger charge is -2.35. The van der Waals surface area contributed by atoms with Gasteiger partial charge in [0.1, 0.15) is 0 Å². The summed E-state index contributed by atoms with van der Waals surface area (Å²) < 4.78 is 6.40. The van der Waals surface area contributed by atoms with Gasteiger partial charge < -0.3 is 10.1 Å². The molecule has 2 aromatic rings. The van der Waals surface area contributed by atoms with Gasteiger partial charge in [0.15, 0.2) is 0 Å². The van der Waals surface area contributed by atoms with E-state index in [1.165, 1.54) is 0 Å². The molecule has 1 fully saturated rings. The third-order valence-electron chi connectivity index (χ3n) is 3.74. The molecule has 0 radical (unpaired) electrons. The number of morpholine rings is 1. The largest absolute Gasteiger partial charge is 0.379 e. The number of pyridine rings is 1. The number of hydrogen-bond donors (Lipinski definition) is 1. The van der Waals surface area contributed by atoms with E-state index in [1.54, 1.807) is 17.5 Å². The van der Waals surface area contributed by atoms with E-state index in [0.717, 1.165) is 43.1 Å². The van der Waals surface area contributed by atoms with Crippen molar-refractivity contribution in [2.45, 2.75) is 19.4 Å². The highest BCUT2D eigenvalue weighted by molar-refractivity contribution is 7.17. The van der Waals surface area contributed by atoms with Crippen LogP contribution in [0.2, 0.25) is 0 Å². The Balaban J connectivity index is 1.66. The standard InChI is InChI=1S/C16H21N3O2S/c1-16(2,11-19-4-6-21-7-5-19)18-15(20)12-9-14-13(17-10-12)3-8-22-14/h3,8-10H,4-7,11H2,1-2H3,(H,18,20). The van der Waals surface area contributed by atoms with Crippen LogP contribution < -0.4 is 5.32 Å². The van der Waals surface area contributed by atoms with Gasteiger partial charge in [0.2, 0.25) is 0 Å². The zero-order chi connectivity index (χ0) is 15.6.